The Morgan fingerprint density at radius 1 is 0.804 bits per heavy atom. The molecule has 0 spiro atoms. The van der Waals surface area contributed by atoms with Crippen molar-refractivity contribution < 1.29 is 23.9 Å². The highest BCUT2D eigenvalue weighted by Gasteiger charge is 2.31. The molecule has 0 rings (SSSR count). The van der Waals surface area contributed by atoms with Gasteiger partial charge in [-0.25, -0.2) is 0 Å². The summed E-state index contributed by atoms with van der Waals surface area (Å²) < 4.78 is 6.76. The van der Waals surface area contributed by atoms with Crippen LogP contribution in [0.2, 0.25) is 0 Å². The second-order valence-electron chi connectivity index (χ2n) is 13.9. The third-order valence-corrected chi connectivity index (χ3v) is 9.41. The van der Waals surface area contributed by atoms with E-state index in [4.69, 9.17) is 10.5 Å². The number of primary amides is 1. The Labute approximate surface area is 285 Å². The summed E-state index contributed by atoms with van der Waals surface area (Å²) in [5.41, 5.74) is 5.64. The van der Waals surface area contributed by atoms with Crippen LogP contribution < -0.4 is 11.1 Å². The minimum atomic E-state index is -1.09. The van der Waals surface area contributed by atoms with E-state index in [-0.39, 0.29) is 23.7 Å². The van der Waals surface area contributed by atoms with Gasteiger partial charge in [0.15, 0.2) is 6.23 Å². The fraction of sp³-hybridized carbons (Fsp3) is 0.846. The standard InChI is InChI=1S/C37H73N3O4.C2H4/c1-8-12-13-14-15-16-17-18-19-20-21-22-23-24-25-26-27-44-31(5)36(42)39-37(43)34(29-33(10-3)35(38)41)28-32(9-2)30-40(6,7)11-4;1-2/h18-19,31-34,36,42H,8-17,20-30H2,1-7H3,(H2-,38,39,41,43);1-2H2/p+1/b19-18+;. The Morgan fingerprint density at radius 3 is 1.80 bits per heavy atom. The number of hydrogen-bond donors (Lipinski definition) is 3. The molecule has 0 saturated heterocycles. The third-order valence-electron chi connectivity index (χ3n) is 9.41. The van der Waals surface area contributed by atoms with Crippen LogP contribution in [0.5, 0.6) is 0 Å². The van der Waals surface area contributed by atoms with Crippen molar-refractivity contribution in [1.82, 2.24) is 5.32 Å². The van der Waals surface area contributed by atoms with E-state index in [0.29, 0.717) is 31.8 Å². The fourth-order valence-corrected chi connectivity index (χ4v) is 5.83. The van der Waals surface area contributed by atoms with Crippen molar-refractivity contribution in [2.45, 2.75) is 163 Å². The summed E-state index contributed by atoms with van der Waals surface area (Å²) in [6, 6.07) is 0. The monoisotopic (exact) mass is 653 g/mol. The Morgan fingerprint density at radius 2 is 1.33 bits per heavy atom. The van der Waals surface area contributed by atoms with Gasteiger partial charge in [-0.3, -0.25) is 9.59 Å². The lowest BCUT2D eigenvalue weighted by Gasteiger charge is -2.34. The van der Waals surface area contributed by atoms with Crippen LogP contribution in [0.3, 0.4) is 0 Å². The number of hydrogen-bond acceptors (Lipinski definition) is 4. The van der Waals surface area contributed by atoms with Gasteiger partial charge in [0.2, 0.25) is 11.8 Å². The average molecular weight is 653 g/mol. The van der Waals surface area contributed by atoms with Gasteiger partial charge in [0.25, 0.3) is 0 Å². The number of ether oxygens (including phenoxy) is 1. The predicted molar refractivity (Wildman–Crippen MR) is 197 cm³/mol. The zero-order chi connectivity index (χ0) is 35.2. The molecule has 4 N–H and O–H groups in total. The predicted octanol–water partition coefficient (Wildman–Crippen LogP) is 8.70. The molecule has 0 aliphatic carbocycles. The second kappa shape index (κ2) is 30.6. The number of unbranched alkanes of at least 4 members (excludes halogenated alkanes) is 12. The lowest BCUT2D eigenvalue weighted by Crippen LogP contribution is -2.47. The summed E-state index contributed by atoms with van der Waals surface area (Å²) >= 11 is 0. The third kappa shape index (κ3) is 25.4. The molecular formula is C39H78N3O4+. The van der Waals surface area contributed by atoms with Crippen LogP contribution in [0, 0.1) is 17.8 Å². The van der Waals surface area contributed by atoms with E-state index in [1.165, 1.54) is 77.0 Å². The van der Waals surface area contributed by atoms with E-state index in [1.807, 2.05) is 6.92 Å². The van der Waals surface area contributed by atoms with Crippen molar-refractivity contribution in [3.63, 3.8) is 0 Å². The van der Waals surface area contributed by atoms with E-state index in [1.54, 1.807) is 6.92 Å². The molecule has 0 aromatic rings. The van der Waals surface area contributed by atoms with Crippen LogP contribution >= 0.6 is 0 Å². The Kier molecular flexibility index (Phi) is 30.9. The molecule has 0 aliphatic rings. The van der Waals surface area contributed by atoms with Crippen LogP contribution in [0.25, 0.3) is 0 Å². The van der Waals surface area contributed by atoms with Gasteiger partial charge < -0.3 is 25.4 Å². The number of rotatable bonds is 30. The van der Waals surface area contributed by atoms with E-state index in [2.05, 4.69) is 65.5 Å². The molecule has 5 atom stereocenters. The van der Waals surface area contributed by atoms with Gasteiger partial charge in [-0.15, -0.1) is 13.2 Å². The topological polar surface area (TPSA) is 102 Å². The summed E-state index contributed by atoms with van der Waals surface area (Å²) in [4.78, 5) is 25.4. The van der Waals surface area contributed by atoms with Gasteiger partial charge in [0.1, 0.15) is 0 Å². The Balaban J connectivity index is 0. The number of carbonyl (C=O) groups is 2. The Hall–Kier alpha value is -1.70. The van der Waals surface area contributed by atoms with Crippen molar-refractivity contribution in [3.8, 4) is 0 Å². The highest BCUT2D eigenvalue weighted by Crippen LogP contribution is 2.26. The van der Waals surface area contributed by atoms with Gasteiger partial charge in [0.05, 0.1) is 33.3 Å². The first-order valence-electron chi connectivity index (χ1n) is 18.9. The van der Waals surface area contributed by atoms with Crippen molar-refractivity contribution in [2.24, 2.45) is 23.5 Å². The minimum absolute atomic E-state index is 0.217. The smallest absolute Gasteiger partial charge is 0.225 e. The molecule has 7 heteroatoms. The normalized spacial score (nSPS) is 15.0. The number of nitrogens with zero attached hydrogens (tertiary/aromatic N) is 1. The highest BCUT2D eigenvalue weighted by atomic mass is 16.5. The highest BCUT2D eigenvalue weighted by molar-refractivity contribution is 5.81. The zero-order valence-electron chi connectivity index (χ0n) is 31.5. The molecule has 0 radical (unpaired) electrons. The quantitative estimate of drug-likeness (QED) is 0.0313. The van der Waals surface area contributed by atoms with E-state index < -0.39 is 12.3 Å². The summed E-state index contributed by atoms with van der Waals surface area (Å²) in [7, 11) is 4.41. The second-order valence-corrected chi connectivity index (χ2v) is 13.9. The van der Waals surface area contributed by atoms with Crippen LogP contribution in [-0.4, -0.2) is 67.5 Å². The number of nitrogens with two attached hydrogens (primary N) is 1. The van der Waals surface area contributed by atoms with Crippen LogP contribution in [0.1, 0.15) is 150 Å². The molecule has 0 bridgehead atoms. The van der Waals surface area contributed by atoms with Gasteiger partial charge in [-0.2, -0.15) is 0 Å². The maximum absolute atomic E-state index is 13.4. The first kappa shape index (κ1) is 46.4. The van der Waals surface area contributed by atoms with Gasteiger partial charge in [-0.05, 0) is 71.6 Å². The number of carbonyl (C=O) groups excluding carboxylic acids is 2. The fourth-order valence-electron chi connectivity index (χ4n) is 5.83. The number of nitrogens with one attached hydrogen (secondary N) is 1. The molecule has 2 amide bonds. The summed E-state index contributed by atoms with van der Waals surface area (Å²) in [6.07, 6.45) is 23.4. The lowest BCUT2D eigenvalue weighted by atomic mass is 9.83. The number of aliphatic hydroxyl groups is 1. The largest absolute Gasteiger partial charge is 0.374 e. The zero-order valence-corrected chi connectivity index (χ0v) is 31.5. The van der Waals surface area contributed by atoms with Crippen molar-refractivity contribution in [3.05, 3.63) is 25.3 Å². The number of quaternary nitrogens is 1. The summed E-state index contributed by atoms with van der Waals surface area (Å²) in [6.45, 7) is 18.9. The molecule has 0 aromatic heterocycles. The van der Waals surface area contributed by atoms with E-state index in [0.717, 1.165) is 36.8 Å². The summed E-state index contributed by atoms with van der Waals surface area (Å²) in [5.74, 6) is -0.981. The average Bonchev–Trinajstić information content (AvgIpc) is 3.04. The van der Waals surface area contributed by atoms with E-state index in [9.17, 15) is 14.7 Å². The number of amides is 2. The first-order chi connectivity index (χ1) is 22.0. The molecule has 5 unspecified atom stereocenters. The van der Waals surface area contributed by atoms with Gasteiger partial charge in [0, 0.05) is 24.4 Å². The SMILES string of the molecule is C=C.CCCCCCCC/C=C/CCCCCCCCOC(C)C(O)NC(=O)C(CC(CC)C[N+](C)(C)CC)CC(CC)C(N)=O. The molecule has 272 valence electrons. The minimum Gasteiger partial charge on any atom is -0.374 e. The van der Waals surface area contributed by atoms with Crippen LogP contribution in [-0.2, 0) is 14.3 Å². The summed E-state index contributed by atoms with van der Waals surface area (Å²) in [5, 5.41) is 13.5. The molecule has 0 aliphatic heterocycles. The Bertz CT molecular complexity index is 758. The lowest BCUT2D eigenvalue weighted by molar-refractivity contribution is -0.892. The maximum atomic E-state index is 13.4. The molecule has 46 heavy (non-hydrogen) atoms. The van der Waals surface area contributed by atoms with Crippen molar-refractivity contribution in [1.29, 1.82) is 0 Å². The van der Waals surface area contributed by atoms with Crippen molar-refractivity contribution in [2.75, 3.05) is 33.8 Å². The van der Waals surface area contributed by atoms with Gasteiger partial charge >= 0.3 is 0 Å². The van der Waals surface area contributed by atoms with Crippen LogP contribution in [0.15, 0.2) is 25.3 Å². The first-order valence-corrected chi connectivity index (χ1v) is 18.9. The molecule has 0 heterocycles. The van der Waals surface area contributed by atoms with Crippen molar-refractivity contribution >= 4 is 11.8 Å². The molecule has 0 fully saturated rings. The maximum Gasteiger partial charge on any atom is 0.225 e. The van der Waals surface area contributed by atoms with E-state index >= 15 is 0 Å². The molecule has 0 aromatic carbocycles. The number of allylic oxidation sites excluding steroid dienone is 2. The molecular weight excluding hydrogens is 574 g/mol. The van der Waals surface area contributed by atoms with Crippen LogP contribution in [0.4, 0.5) is 0 Å². The molecule has 0 saturated carbocycles. The number of aliphatic hydroxyl groups excluding tert-OH is 1. The van der Waals surface area contributed by atoms with Gasteiger partial charge in [-0.1, -0.05) is 90.7 Å². The molecule has 7 nitrogen and oxygen atoms in total.